The number of hydrogen-bond donors (Lipinski definition) is 2. The molecule has 1 aromatic heterocycles. The molecule has 0 bridgehead atoms. The maximum absolute atomic E-state index is 12.1. The van der Waals surface area contributed by atoms with Gasteiger partial charge in [-0.25, -0.2) is 4.79 Å². The number of ether oxygens (including phenoxy) is 1. The lowest BCUT2D eigenvalue weighted by Gasteiger charge is -2.24. The molecule has 2 atom stereocenters. The molecule has 1 fully saturated rings. The van der Waals surface area contributed by atoms with E-state index in [9.17, 15) is 14.7 Å². The average Bonchev–Trinajstić information content (AvgIpc) is 3.00. The third kappa shape index (κ3) is 4.48. The Bertz CT molecular complexity index is 576. The van der Waals surface area contributed by atoms with E-state index in [-0.39, 0.29) is 18.4 Å². The number of β-amino-alcohol motifs (C(OH)–C–C–N with tert-alkyl or cyclic N) is 1. The molecule has 2 heterocycles. The van der Waals surface area contributed by atoms with Gasteiger partial charge in [0.15, 0.2) is 0 Å². The molecule has 0 spiro atoms. The van der Waals surface area contributed by atoms with Crippen molar-refractivity contribution in [2.24, 2.45) is 13.0 Å². The van der Waals surface area contributed by atoms with Gasteiger partial charge in [-0.2, -0.15) is 0 Å². The SMILES string of the molecule is Cn1cccc1C(=O)NC[C@@H]1CN(C(=O)OC(C)(C)C)C[C@H]1O. The second-order valence-corrected chi connectivity index (χ2v) is 6.93. The van der Waals surface area contributed by atoms with E-state index in [0.717, 1.165) is 0 Å². The van der Waals surface area contributed by atoms with Crippen LogP contribution in [0.25, 0.3) is 0 Å². The summed E-state index contributed by atoms with van der Waals surface area (Å²) in [4.78, 5) is 25.6. The van der Waals surface area contributed by atoms with Gasteiger partial charge < -0.3 is 24.6 Å². The number of likely N-dealkylation sites (tertiary alicyclic amines) is 1. The third-order valence-corrected chi connectivity index (χ3v) is 3.76. The molecular formula is C16H25N3O4. The van der Waals surface area contributed by atoms with Crippen molar-refractivity contribution in [2.75, 3.05) is 19.6 Å². The van der Waals surface area contributed by atoms with Crippen LogP contribution in [0, 0.1) is 5.92 Å². The molecule has 2 rings (SSSR count). The van der Waals surface area contributed by atoms with E-state index in [0.29, 0.717) is 18.8 Å². The first-order valence-corrected chi connectivity index (χ1v) is 7.73. The predicted octanol–water partition coefficient (Wildman–Crippen LogP) is 0.983. The minimum atomic E-state index is -0.670. The first kappa shape index (κ1) is 17.3. The fourth-order valence-electron chi connectivity index (χ4n) is 2.54. The Hall–Kier alpha value is -2.02. The van der Waals surface area contributed by atoms with Crippen LogP contribution in [0.4, 0.5) is 4.79 Å². The molecule has 0 aliphatic carbocycles. The largest absolute Gasteiger partial charge is 0.444 e. The fraction of sp³-hybridized carbons (Fsp3) is 0.625. The van der Waals surface area contributed by atoms with Crippen molar-refractivity contribution in [3.8, 4) is 0 Å². The average molecular weight is 323 g/mol. The summed E-state index contributed by atoms with van der Waals surface area (Å²) >= 11 is 0. The number of aromatic nitrogens is 1. The first-order chi connectivity index (χ1) is 10.7. The monoisotopic (exact) mass is 323 g/mol. The second kappa shape index (κ2) is 6.62. The Labute approximate surface area is 136 Å². The summed E-state index contributed by atoms with van der Waals surface area (Å²) in [7, 11) is 1.80. The summed E-state index contributed by atoms with van der Waals surface area (Å²) in [5.74, 6) is -0.396. The van der Waals surface area contributed by atoms with Crippen molar-refractivity contribution in [3.05, 3.63) is 24.0 Å². The molecule has 0 unspecified atom stereocenters. The number of aliphatic hydroxyl groups is 1. The molecule has 1 aromatic rings. The number of rotatable bonds is 3. The van der Waals surface area contributed by atoms with Crippen molar-refractivity contribution in [3.63, 3.8) is 0 Å². The van der Waals surface area contributed by atoms with Crippen molar-refractivity contribution in [1.82, 2.24) is 14.8 Å². The highest BCUT2D eigenvalue weighted by molar-refractivity contribution is 5.92. The zero-order valence-electron chi connectivity index (χ0n) is 14.1. The Morgan fingerprint density at radius 2 is 2.09 bits per heavy atom. The van der Waals surface area contributed by atoms with Gasteiger partial charge in [0, 0.05) is 32.3 Å². The topological polar surface area (TPSA) is 83.8 Å². The molecule has 2 N–H and O–H groups in total. The van der Waals surface area contributed by atoms with Crippen LogP contribution in [0.3, 0.4) is 0 Å². The highest BCUT2D eigenvalue weighted by atomic mass is 16.6. The molecule has 7 heteroatoms. The Morgan fingerprint density at radius 1 is 1.39 bits per heavy atom. The Balaban J connectivity index is 1.86. The fourth-order valence-corrected chi connectivity index (χ4v) is 2.54. The lowest BCUT2D eigenvalue weighted by atomic mass is 10.1. The smallest absolute Gasteiger partial charge is 0.410 e. The molecule has 0 saturated carbocycles. The van der Waals surface area contributed by atoms with Crippen LogP contribution in [0.15, 0.2) is 18.3 Å². The number of nitrogens with zero attached hydrogens (tertiary/aromatic N) is 2. The van der Waals surface area contributed by atoms with E-state index in [1.54, 1.807) is 50.7 Å². The molecule has 1 saturated heterocycles. The number of hydrogen-bond acceptors (Lipinski definition) is 4. The van der Waals surface area contributed by atoms with Crippen molar-refractivity contribution < 1.29 is 19.4 Å². The zero-order valence-corrected chi connectivity index (χ0v) is 14.1. The summed E-state index contributed by atoms with van der Waals surface area (Å²) < 4.78 is 7.03. The summed E-state index contributed by atoms with van der Waals surface area (Å²) in [6.07, 6.45) is 0.688. The summed E-state index contributed by atoms with van der Waals surface area (Å²) in [5, 5.41) is 12.9. The Morgan fingerprint density at radius 3 is 2.65 bits per heavy atom. The van der Waals surface area contributed by atoms with Gasteiger partial charge in [0.25, 0.3) is 5.91 Å². The second-order valence-electron chi connectivity index (χ2n) is 6.93. The molecule has 7 nitrogen and oxygen atoms in total. The molecule has 23 heavy (non-hydrogen) atoms. The maximum Gasteiger partial charge on any atom is 0.410 e. The van der Waals surface area contributed by atoms with Gasteiger partial charge in [0.05, 0.1) is 12.6 Å². The summed E-state index contributed by atoms with van der Waals surface area (Å²) in [6.45, 7) is 6.30. The first-order valence-electron chi connectivity index (χ1n) is 7.73. The van der Waals surface area contributed by atoms with Crippen molar-refractivity contribution in [1.29, 1.82) is 0 Å². The number of nitrogens with one attached hydrogen (secondary N) is 1. The molecule has 0 radical (unpaired) electrons. The summed E-state index contributed by atoms with van der Waals surface area (Å²) in [6, 6.07) is 3.52. The van der Waals surface area contributed by atoms with E-state index >= 15 is 0 Å². The summed E-state index contributed by atoms with van der Waals surface area (Å²) in [5.41, 5.74) is -0.0116. The quantitative estimate of drug-likeness (QED) is 0.868. The number of aliphatic hydroxyl groups excluding tert-OH is 1. The normalized spacial score (nSPS) is 21.3. The van der Waals surface area contributed by atoms with Crippen LogP contribution in [0.1, 0.15) is 31.3 Å². The van der Waals surface area contributed by atoms with Gasteiger partial charge in [0.1, 0.15) is 11.3 Å². The van der Waals surface area contributed by atoms with E-state index in [1.165, 1.54) is 4.90 Å². The van der Waals surface area contributed by atoms with Gasteiger partial charge in [-0.1, -0.05) is 0 Å². The van der Waals surface area contributed by atoms with Crippen molar-refractivity contribution in [2.45, 2.75) is 32.5 Å². The lowest BCUT2D eigenvalue weighted by Crippen LogP contribution is -2.37. The van der Waals surface area contributed by atoms with Gasteiger partial charge in [-0.05, 0) is 32.9 Å². The molecule has 1 aliphatic rings. The standard InChI is InChI=1S/C16H25N3O4/c1-16(2,3)23-15(22)19-9-11(13(20)10-19)8-17-14(21)12-6-5-7-18(12)4/h5-7,11,13,20H,8-10H2,1-4H3,(H,17,21)/t11-,13-/m1/s1. The third-order valence-electron chi connectivity index (χ3n) is 3.76. The molecule has 1 aliphatic heterocycles. The van der Waals surface area contributed by atoms with Gasteiger partial charge >= 0.3 is 6.09 Å². The molecule has 2 amide bonds. The van der Waals surface area contributed by atoms with E-state index in [2.05, 4.69) is 5.32 Å². The van der Waals surface area contributed by atoms with Gasteiger partial charge in [-0.15, -0.1) is 0 Å². The minimum Gasteiger partial charge on any atom is -0.444 e. The highest BCUT2D eigenvalue weighted by Crippen LogP contribution is 2.19. The van der Waals surface area contributed by atoms with E-state index < -0.39 is 17.8 Å². The zero-order chi connectivity index (χ0) is 17.2. The number of carbonyl (C=O) groups excluding carboxylic acids is 2. The number of amides is 2. The maximum atomic E-state index is 12.1. The Kier molecular flexibility index (Phi) is 4.99. The molecule has 128 valence electrons. The lowest BCUT2D eigenvalue weighted by molar-refractivity contribution is 0.0269. The van der Waals surface area contributed by atoms with E-state index in [1.807, 2.05) is 0 Å². The minimum absolute atomic E-state index is 0.194. The highest BCUT2D eigenvalue weighted by Gasteiger charge is 2.36. The molecular weight excluding hydrogens is 298 g/mol. The predicted molar refractivity (Wildman–Crippen MR) is 85.1 cm³/mol. The van der Waals surface area contributed by atoms with Crippen LogP contribution in [0.2, 0.25) is 0 Å². The van der Waals surface area contributed by atoms with Gasteiger partial charge in [-0.3, -0.25) is 4.79 Å². The number of carbonyl (C=O) groups is 2. The van der Waals surface area contributed by atoms with Crippen LogP contribution in [0.5, 0.6) is 0 Å². The van der Waals surface area contributed by atoms with Crippen molar-refractivity contribution >= 4 is 12.0 Å². The molecule has 0 aromatic carbocycles. The number of aryl methyl sites for hydroxylation is 1. The van der Waals surface area contributed by atoms with Crippen LogP contribution in [-0.2, 0) is 11.8 Å². The van der Waals surface area contributed by atoms with Crippen LogP contribution in [-0.4, -0.2) is 57.9 Å². The van der Waals surface area contributed by atoms with Crippen LogP contribution >= 0.6 is 0 Å². The van der Waals surface area contributed by atoms with Crippen LogP contribution < -0.4 is 5.32 Å². The van der Waals surface area contributed by atoms with Gasteiger partial charge in [0.2, 0.25) is 0 Å². The van der Waals surface area contributed by atoms with E-state index in [4.69, 9.17) is 4.74 Å².